The Kier molecular flexibility index (Phi) is 3.83. The quantitative estimate of drug-likeness (QED) is 0.885. The molecule has 19 heavy (non-hydrogen) atoms. The molecule has 3 heteroatoms. The van der Waals surface area contributed by atoms with Gasteiger partial charge in [-0.25, -0.2) is 0 Å². The summed E-state index contributed by atoms with van der Waals surface area (Å²) in [5.74, 6) is 0.165. The van der Waals surface area contributed by atoms with E-state index >= 15 is 0 Å². The zero-order valence-corrected chi connectivity index (χ0v) is 12.4. The maximum atomic E-state index is 12.5. The minimum Gasteiger partial charge on any atom is -0.388 e. The molecule has 0 bridgehead atoms. The van der Waals surface area contributed by atoms with Gasteiger partial charge in [-0.05, 0) is 48.9 Å². The Labute approximate surface area is 116 Å². The van der Waals surface area contributed by atoms with Crippen LogP contribution in [0, 0.1) is 12.3 Å². The molecule has 1 heterocycles. The average Bonchev–Trinajstić information content (AvgIpc) is 2.36. The number of nitrogens with zero attached hydrogens (tertiary/aromatic N) is 1. The van der Waals surface area contributed by atoms with Gasteiger partial charge in [0, 0.05) is 31.4 Å². The van der Waals surface area contributed by atoms with E-state index in [1.165, 1.54) is 6.42 Å². The van der Waals surface area contributed by atoms with Gasteiger partial charge in [0.2, 0.25) is 0 Å². The summed E-state index contributed by atoms with van der Waals surface area (Å²) in [7, 11) is 1.90. The molecule has 2 rings (SSSR count). The second kappa shape index (κ2) is 5.24. The molecule has 0 aliphatic carbocycles. The third kappa shape index (κ3) is 3.09. The van der Waals surface area contributed by atoms with Crippen molar-refractivity contribution in [3.63, 3.8) is 0 Å². The van der Waals surface area contributed by atoms with Gasteiger partial charge in [-0.3, -0.25) is 4.79 Å². The number of amides is 1. The SMILES string of the molecule is CNc1ccc(C(=O)N2CCCC(C)(C)C2)cc1C. The van der Waals surface area contributed by atoms with Crippen LogP contribution in [0.4, 0.5) is 5.69 Å². The van der Waals surface area contributed by atoms with E-state index < -0.39 is 0 Å². The van der Waals surface area contributed by atoms with Gasteiger partial charge in [0.15, 0.2) is 0 Å². The monoisotopic (exact) mass is 260 g/mol. The number of rotatable bonds is 2. The summed E-state index contributed by atoms with van der Waals surface area (Å²) in [6.07, 6.45) is 2.31. The second-order valence-electron chi connectivity index (χ2n) is 6.27. The van der Waals surface area contributed by atoms with Gasteiger partial charge in [0.1, 0.15) is 0 Å². The lowest BCUT2D eigenvalue weighted by Gasteiger charge is -2.38. The number of anilines is 1. The number of hydrogen-bond acceptors (Lipinski definition) is 2. The number of piperidine rings is 1. The number of benzene rings is 1. The third-order valence-electron chi connectivity index (χ3n) is 3.93. The Morgan fingerprint density at radius 1 is 1.37 bits per heavy atom. The molecule has 1 aliphatic heterocycles. The molecule has 104 valence electrons. The Morgan fingerprint density at radius 3 is 2.68 bits per heavy atom. The van der Waals surface area contributed by atoms with E-state index in [9.17, 15) is 4.79 Å². The number of carbonyl (C=O) groups is 1. The molecule has 0 unspecified atom stereocenters. The van der Waals surface area contributed by atoms with Gasteiger partial charge in [-0.15, -0.1) is 0 Å². The molecule has 0 spiro atoms. The summed E-state index contributed by atoms with van der Waals surface area (Å²) in [6, 6.07) is 5.89. The molecule has 0 radical (unpaired) electrons. The van der Waals surface area contributed by atoms with E-state index in [0.29, 0.717) is 0 Å². The highest BCUT2D eigenvalue weighted by Gasteiger charge is 2.29. The molecule has 1 aliphatic rings. The summed E-state index contributed by atoms with van der Waals surface area (Å²) in [4.78, 5) is 14.5. The molecular formula is C16H24N2O. The number of likely N-dealkylation sites (tertiary alicyclic amines) is 1. The van der Waals surface area contributed by atoms with Crippen LogP contribution >= 0.6 is 0 Å². The fraction of sp³-hybridized carbons (Fsp3) is 0.562. The standard InChI is InChI=1S/C16H24N2O/c1-12-10-13(6-7-14(12)17-4)15(19)18-9-5-8-16(2,3)11-18/h6-7,10,17H,5,8-9,11H2,1-4H3. The number of carbonyl (C=O) groups excluding carboxylic acids is 1. The second-order valence-corrected chi connectivity index (χ2v) is 6.27. The van der Waals surface area contributed by atoms with Gasteiger partial charge in [0.05, 0.1) is 0 Å². The van der Waals surface area contributed by atoms with Crippen molar-refractivity contribution >= 4 is 11.6 Å². The molecule has 1 amide bonds. The first-order chi connectivity index (χ1) is 8.93. The average molecular weight is 260 g/mol. The summed E-state index contributed by atoms with van der Waals surface area (Å²) in [5.41, 5.74) is 3.24. The highest BCUT2D eigenvalue weighted by molar-refractivity contribution is 5.95. The third-order valence-corrected chi connectivity index (χ3v) is 3.93. The zero-order valence-electron chi connectivity index (χ0n) is 12.4. The maximum absolute atomic E-state index is 12.5. The van der Waals surface area contributed by atoms with Crippen molar-refractivity contribution in [2.75, 3.05) is 25.5 Å². The number of aryl methyl sites for hydroxylation is 1. The van der Waals surface area contributed by atoms with Crippen molar-refractivity contribution in [3.8, 4) is 0 Å². The van der Waals surface area contributed by atoms with Crippen molar-refractivity contribution in [1.29, 1.82) is 0 Å². The lowest BCUT2D eigenvalue weighted by atomic mass is 9.84. The fourth-order valence-electron chi connectivity index (χ4n) is 2.86. The topological polar surface area (TPSA) is 32.3 Å². The molecule has 0 saturated carbocycles. The van der Waals surface area contributed by atoms with E-state index in [1.54, 1.807) is 0 Å². The smallest absolute Gasteiger partial charge is 0.253 e. The predicted molar refractivity (Wildman–Crippen MR) is 79.6 cm³/mol. The van der Waals surface area contributed by atoms with Gasteiger partial charge in [-0.1, -0.05) is 13.8 Å². The van der Waals surface area contributed by atoms with Gasteiger partial charge in [0.25, 0.3) is 5.91 Å². The maximum Gasteiger partial charge on any atom is 0.253 e. The van der Waals surface area contributed by atoms with Crippen LogP contribution in [-0.4, -0.2) is 30.9 Å². The summed E-state index contributed by atoms with van der Waals surface area (Å²) >= 11 is 0. The molecule has 1 aromatic carbocycles. The van der Waals surface area contributed by atoms with E-state index in [0.717, 1.165) is 36.3 Å². The van der Waals surface area contributed by atoms with E-state index in [1.807, 2.05) is 37.1 Å². The van der Waals surface area contributed by atoms with Crippen molar-refractivity contribution in [1.82, 2.24) is 4.90 Å². The van der Waals surface area contributed by atoms with Gasteiger partial charge < -0.3 is 10.2 Å². The molecule has 1 saturated heterocycles. The first kappa shape index (κ1) is 13.9. The largest absolute Gasteiger partial charge is 0.388 e. The summed E-state index contributed by atoms with van der Waals surface area (Å²) < 4.78 is 0. The van der Waals surface area contributed by atoms with Gasteiger partial charge in [-0.2, -0.15) is 0 Å². The molecule has 1 N–H and O–H groups in total. The molecular weight excluding hydrogens is 236 g/mol. The van der Waals surface area contributed by atoms with Crippen LogP contribution in [0.5, 0.6) is 0 Å². The molecule has 3 nitrogen and oxygen atoms in total. The Balaban J connectivity index is 2.17. The number of nitrogens with one attached hydrogen (secondary N) is 1. The van der Waals surface area contributed by atoms with Crippen molar-refractivity contribution in [2.45, 2.75) is 33.6 Å². The Morgan fingerprint density at radius 2 is 2.11 bits per heavy atom. The highest BCUT2D eigenvalue weighted by Crippen LogP contribution is 2.29. The minimum atomic E-state index is 0.165. The lowest BCUT2D eigenvalue weighted by molar-refractivity contribution is 0.0583. The van der Waals surface area contributed by atoms with Crippen molar-refractivity contribution in [2.24, 2.45) is 5.41 Å². The molecule has 0 aromatic heterocycles. The molecule has 0 atom stereocenters. The first-order valence-corrected chi connectivity index (χ1v) is 7.01. The first-order valence-electron chi connectivity index (χ1n) is 7.01. The highest BCUT2D eigenvalue weighted by atomic mass is 16.2. The van der Waals surface area contributed by atoms with E-state index in [4.69, 9.17) is 0 Å². The normalized spacial score (nSPS) is 18.2. The predicted octanol–water partition coefficient (Wildman–Crippen LogP) is 3.30. The summed E-state index contributed by atoms with van der Waals surface area (Å²) in [5, 5.41) is 3.13. The van der Waals surface area contributed by atoms with Crippen LogP contribution in [0.1, 0.15) is 42.6 Å². The lowest BCUT2D eigenvalue weighted by Crippen LogP contribution is -2.43. The Bertz CT molecular complexity index is 480. The van der Waals surface area contributed by atoms with E-state index in [-0.39, 0.29) is 11.3 Å². The molecule has 1 aromatic rings. The van der Waals surface area contributed by atoms with Crippen LogP contribution in [-0.2, 0) is 0 Å². The van der Waals surface area contributed by atoms with Crippen LogP contribution in [0.15, 0.2) is 18.2 Å². The van der Waals surface area contributed by atoms with Crippen LogP contribution < -0.4 is 5.32 Å². The van der Waals surface area contributed by atoms with Crippen molar-refractivity contribution < 1.29 is 4.79 Å². The van der Waals surface area contributed by atoms with Crippen LogP contribution in [0.3, 0.4) is 0 Å². The Hall–Kier alpha value is -1.51. The summed E-state index contributed by atoms with van der Waals surface area (Å²) in [6.45, 7) is 8.25. The van der Waals surface area contributed by atoms with Crippen LogP contribution in [0.25, 0.3) is 0 Å². The molecule has 1 fully saturated rings. The number of hydrogen-bond donors (Lipinski definition) is 1. The van der Waals surface area contributed by atoms with Gasteiger partial charge >= 0.3 is 0 Å². The van der Waals surface area contributed by atoms with Crippen LogP contribution in [0.2, 0.25) is 0 Å². The zero-order chi connectivity index (χ0) is 14.0. The van der Waals surface area contributed by atoms with Crippen molar-refractivity contribution in [3.05, 3.63) is 29.3 Å². The minimum absolute atomic E-state index is 0.165. The van der Waals surface area contributed by atoms with E-state index in [2.05, 4.69) is 19.2 Å². The fourth-order valence-corrected chi connectivity index (χ4v) is 2.86.